The number of hydrogen-bond acceptors (Lipinski definition) is 7. The van der Waals surface area contributed by atoms with Crippen molar-refractivity contribution in [1.29, 1.82) is 0 Å². The first-order chi connectivity index (χ1) is 17.0. The van der Waals surface area contributed by atoms with Gasteiger partial charge in [0.25, 0.3) is 0 Å². The lowest BCUT2D eigenvalue weighted by atomic mass is 10.1. The Labute approximate surface area is 208 Å². The van der Waals surface area contributed by atoms with Crippen LogP contribution in [0.15, 0.2) is 41.9 Å². The molecule has 2 unspecified atom stereocenters. The first-order valence-corrected chi connectivity index (χ1v) is 12.9. The largest absolute Gasteiger partial charge is 0.344 e. The third-order valence-corrected chi connectivity index (χ3v) is 7.43. The quantitative estimate of drug-likeness (QED) is 0.478. The molecule has 0 aliphatic carbocycles. The summed E-state index contributed by atoms with van der Waals surface area (Å²) in [7, 11) is 0. The molecule has 9 nitrogen and oxygen atoms in total. The molecular weight excluding hydrogens is 466 g/mol. The minimum Gasteiger partial charge on any atom is -0.344 e. The lowest BCUT2D eigenvalue weighted by molar-refractivity contribution is -0.151. The molecule has 1 aromatic heterocycles. The maximum absolute atomic E-state index is 13.2. The molecule has 3 heterocycles. The average molecular weight is 498 g/mol. The number of hydrogen-bond donors (Lipinski definition) is 2. The van der Waals surface area contributed by atoms with Crippen LogP contribution in [0.5, 0.6) is 0 Å². The van der Waals surface area contributed by atoms with Gasteiger partial charge in [0.1, 0.15) is 6.04 Å². The van der Waals surface area contributed by atoms with E-state index in [-0.39, 0.29) is 36.1 Å². The van der Waals surface area contributed by atoms with Gasteiger partial charge in [-0.2, -0.15) is 0 Å². The van der Waals surface area contributed by atoms with Crippen LogP contribution in [0.25, 0.3) is 0 Å². The average Bonchev–Trinajstić information content (AvgIpc) is 3.56. The third kappa shape index (κ3) is 5.94. The Morgan fingerprint density at radius 2 is 2.00 bits per heavy atom. The van der Waals surface area contributed by atoms with Crippen LogP contribution < -0.4 is 11.1 Å². The second-order valence-corrected chi connectivity index (χ2v) is 9.90. The molecule has 2 saturated heterocycles. The molecule has 0 saturated carbocycles. The number of aromatic nitrogens is 1. The zero-order chi connectivity index (χ0) is 24.8. The molecule has 3 atom stereocenters. The normalized spacial score (nSPS) is 20.4. The number of fused-ring (bicyclic) bond motifs is 1. The molecule has 35 heavy (non-hydrogen) atoms. The Hall–Kier alpha value is -3.11. The van der Waals surface area contributed by atoms with Gasteiger partial charge in [-0.3, -0.25) is 19.2 Å². The fourth-order valence-corrected chi connectivity index (χ4v) is 5.49. The number of benzene rings is 1. The Kier molecular flexibility index (Phi) is 8.25. The first-order valence-electron chi connectivity index (χ1n) is 12.0. The monoisotopic (exact) mass is 497 g/mol. The molecule has 2 fully saturated rings. The Morgan fingerprint density at radius 3 is 2.71 bits per heavy atom. The van der Waals surface area contributed by atoms with E-state index in [1.54, 1.807) is 21.4 Å². The van der Waals surface area contributed by atoms with Gasteiger partial charge in [0, 0.05) is 24.5 Å². The summed E-state index contributed by atoms with van der Waals surface area (Å²) in [5, 5.41) is 4.92. The number of ketones is 1. The fourth-order valence-electron chi connectivity index (χ4n) is 4.86. The van der Waals surface area contributed by atoms with Crippen LogP contribution in [0, 0.1) is 0 Å². The van der Waals surface area contributed by atoms with Crippen molar-refractivity contribution in [1.82, 2.24) is 20.1 Å². The van der Waals surface area contributed by atoms with Gasteiger partial charge in [-0.15, -0.1) is 11.3 Å². The van der Waals surface area contributed by atoms with E-state index < -0.39 is 12.1 Å². The molecule has 1 aromatic carbocycles. The Morgan fingerprint density at radius 1 is 1.20 bits per heavy atom. The molecule has 2 aromatic rings. The van der Waals surface area contributed by atoms with E-state index in [0.29, 0.717) is 56.6 Å². The number of Topliss-reactive ketones (excluding diaryl/α,β-unsaturated/α-hetero) is 1. The van der Waals surface area contributed by atoms with Gasteiger partial charge in [0.2, 0.25) is 23.5 Å². The van der Waals surface area contributed by atoms with Gasteiger partial charge in [0.15, 0.2) is 5.01 Å². The molecule has 3 N–H and O–H groups in total. The van der Waals surface area contributed by atoms with Crippen LogP contribution in [0.1, 0.15) is 47.5 Å². The summed E-state index contributed by atoms with van der Waals surface area (Å²) in [6.45, 7) is 0.808. The first kappa shape index (κ1) is 25.0. The fraction of sp³-hybridized carbons (Fsp3) is 0.480. The molecule has 186 valence electrons. The maximum Gasteiger partial charge on any atom is 0.243 e. The second-order valence-electron chi connectivity index (χ2n) is 9.00. The van der Waals surface area contributed by atoms with E-state index in [1.165, 1.54) is 11.3 Å². The molecule has 10 heteroatoms. The number of nitrogens with one attached hydrogen (secondary N) is 1. The molecule has 2 aliphatic rings. The zero-order valence-electron chi connectivity index (χ0n) is 19.6. The SMILES string of the molecule is NCCCC(NC(=O)C1CC[C@H]2CN(C(=O)CCc3ccccc3)CC(=O)N12)C(=O)c1nccs1. The van der Waals surface area contributed by atoms with Crippen LogP contribution >= 0.6 is 11.3 Å². The van der Waals surface area contributed by atoms with Gasteiger partial charge in [0.05, 0.1) is 18.6 Å². The minimum absolute atomic E-state index is 0.0252. The molecule has 2 aliphatic heterocycles. The lowest BCUT2D eigenvalue weighted by Crippen LogP contribution is -2.60. The van der Waals surface area contributed by atoms with Crippen molar-refractivity contribution in [3.8, 4) is 0 Å². The van der Waals surface area contributed by atoms with Crippen LogP contribution in [0.3, 0.4) is 0 Å². The summed E-state index contributed by atoms with van der Waals surface area (Å²) in [5.41, 5.74) is 6.71. The highest BCUT2D eigenvalue weighted by Gasteiger charge is 2.46. The van der Waals surface area contributed by atoms with E-state index in [0.717, 1.165) is 5.56 Å². The number of carbonyl (C=O) groups excluding carboxylic acids is 4. The highest BCUT2D eigenvalue weighted by atomic mass is 32.1. The van der Waals surface area contributed by atoms with E-state index in [9.17, 15) is 19.2 Å². The summed E-state index contributed by atoms with van der Waals surface area (Å²) in [5.74, 6) is -0.851. The number of thiazole rings is 1. The molecule has 4 rings (SSSR count). The summed E-state index contributed by atoms with van der Waals surface area (Å²) >= 11 is 1.23. The predicted octanol–water partition coefficient (Wildman–Crippen LogP) is 1.38. The number of nitrogens with two attached hydrogens (primary N) is 1. The second kappa shape index (κ2) is 11.5. The molecule has 0 bridgehead atoms. The summed E-state index contributed by atoms with van der Waals surface area (Å²) in [4.78, 5) is 59.1. The number of nitrogens with zero attached hydrogens (tertiary/aromatic N) is 3. The highest BCUT2D eigenvalue weighted by Crippen LogP contribution is 2.29. The predicted molar refractivity (Wildman–Crippen MR) is 132 cm³/mol. The summed E-state index contributed by atoms with van der Waals surface area (Å²) in [6, 6.07) is 8.22. The number of rotatable bonds is 10. The Balaban J connectivity index is 1.36. The van der Waals surface area contributed by atoms with E-state index >= 15 is 0 Å². The molecule has 3 amide bonds. The van der Waals surface area contributed by atoms with Gasteiger partial charge in [-0.05, 0) is 44.2 Å². The number of piperazine rings is 1. The van der Waals surface area contributed by atoms with Crippen molar-refractivity contribution in [2.24, 2.45) is 5.73 Å². The lowest BCUT2D eigenvalue weighted by Gasteiger charge is -2.39. The van der Waals surface area contributed by atoms with Crippen molar-refractivity contribution in [3.63, 3.8) is 0 Å². The zero-order valence-corrected chi connectivity index (χ0v) is 20.4. The number of amides is 3. The van der Waals surface area contributed by atoms with Crippen LogP contribution in [-0.2, 0) is 20.8 Å². The highest BCUT2D eigenvalue weighted by molar-refractivity contribution is 7.11. The van der Waals surface area contributed by atoms with Crippen molar-refractivity contribution >= 4 is 34.8 Å². The standard InChI is InChI=1S/C25H31N5O4S/c26-12-4-7-19(23(33)25-27-13-14-35-25)28-24(34)20-10-9-18-15-29(16-22(32)30(18)20)21(31)11-8-17-5-2-1-3-6-17/h1-3,5-6,13-14,18-20H,4,7-12,15-16,26H2,(H,28,34)/t18-,19?,20?/m0/s1. The van der Waals surface area contributed by atoms with Crippen molar-refractivity contribution in [2.75, 3.05) is 19.6 Å². The van der Waals surface area contributed by atoms with Crippen molar-refractivity contribution in [3.05, 3.63) is 52.5 Å². The van der Waals surface area contributed by atoms with E-state index in [2.05, 4.69) is 10.3 Å². The van der Waals surface area contributed by atoms with Gasteiger partial charge in [-0.1, -0.05) is 30.3 Å². The molecule has 0 radical (unpaired) electrons. The number of aryl methyl sites for hydroxylation is 1. The van der Waals surface area contributed by atoms with Gasteiger partial charge >= 0.3 is 0 Å². The van der Waals surface area contributed by atoms with Crippen molar-refractivity contribution < 1.29 is 19.2 Å². The molecule has 0 spiro atoms. The topological polar surface area (TPSA) is 126 Å². The summed E-state index contributed by atoms with van der Waals surface area (Å²) < 4.78 is 0. The van der Waals surface area contributed by atoms with E-state index in [1.807, 2.05) is 30.3 Å². The third-order valence-electron chi connectivity index (χ3n) is 6.65. The maximum atomic E-state index is 13.2. The number of carbonyl (C=O) groups is 4. The van der Waals surface area contributed by atoms with Crippen LogP contribution in [0.2, 0.25) is 0 Å². The van der Waals surface area contributed by atoms with Gasteiger partial charge in [-0.25, -0.2) is 4.98 Å². The molecular formula is C25H31N5O4S. The van der Waals surface area contributed by atoms with Gasteiger partial charge < -0.3 is 20.9 Å². The van der Waals surface area contributed by atoms with E-state index in [4.69, 9.17) is 5.73 Å². The summed E-state index contributed by atoms with van der Waals surface area (Å²) in [6.07, 6.45) is 4.66. The van der Waals surface area contributed by atoms with Crippen LogP contribution in [0.4, 0.5) is 0 Å². The Bertz CT molecular complexity index is 1050. The minimum atomic E-state index is -0.729. The van der Waals surface area contributed by atoms with Crippen LogP contribution in [-0.4, -0.2) is 76.0 Å². The van der Waals surface area contributed by atoms with Crippen molar-refractivity contribution in [2.45, 2.75) is 56.7 Å². The smallest absolute Gasteiger partial charge is 0.243 e.